The quantitative estimate of drug-likeness (QED) is 0.225. The van der Waals surface area contributed by atoms with Crippen LogP contribution in [-0.2, 0) is 59.2 Å². The summed E-state index contributed by atoms with van der Waals surface area (Å²) in [6, 6.07) is 0. The molecule has 8 heteroatoms. The average Bonchev–Trinajstić information content (AvgIpc) is 1.81. The molecule has 0 saturated heterocycles. The summed E-state index contributed by atoms with van der Waals surface area (Å²) in [5.74, 6) is -3.89. The normalized spacial score (nSPS) is 6.75. The van der Waals surface area contributed by atoms with E-state index < -0.39 is 17.7 Å². The minimum absolute atomic E-state index is 0. The second kappa shape index (κ2) is 8.98. The predicted octanol–water partition coefficient (Wildman–Crippen LogP) is -3.52. The molecule has 0 amide bonds. The number of carbonyl (C=O) groups excluding carboxylic acids is 2. The molecule has 0 radical (unpaired) electrons. The number of nitrogens with zero attached hydrogens (tertiary/aromatic N) is 1. The topological polar surface area (TPSA) is 102 Å². The van der Waals surface area contributed by atoms with Gasteiger partial charge in [-0.3, -0.25) is 0 Å². The van der Waals surface area contributed by atoms with E-state index in [0.717, 1.165) is 7.11 Å². The second-order valence-electron chi connectivity index (χ2n) is 1.20. The summed E-state index contributed by atoms with van der Waals surface area (Å²) in [6.45, 7) is 0. The SMILES string of the molecule is CON=C(C(=O)[O-])C(=O)[O-].[Ag+].[Ag+]. The minimum Gasteiger partial charge on any atom is -0.543 e. The average molecular weight is 361 g/mol. The van der Waals surface area contributed by atoms with E-state index in [1.54, 1.807) is 0 Å². The summed E-state index contributed by atoms with van der Waals surface area (Å²) in [5, 5.41) is 22.2. The Morgan fingerprint density at radius 1 is 1.17 bits per heavy atom. The third kappa shape index (κ3) is 6.59. The summed E-state index contributed by atoms with van der Waals surface area (Å²) in [7, 11) is 1.01. The van der Waals surface area contributed by atoms with E-state index in [1.165, 1.54) is 0 Å². The van der Waals surface area contributed by atoms with Gasteiger partial charge in [0.05, 0.1) is 11.9 Å². The van der Waals surface area contributed by atoms with Crippen LogP contribution in [0.4, 0.5) is 0 Å². The third-order valence-corrected chi connectivity index (χ3v) is 0.569. The summed E-state index contributed by atoms with van der Waals surface area (Å²) in [5.41, 5.74) is -1.26. The number of carboxylic acid groups (broad SMARTS) is 2. The van der Waals surface area contributed by atoms with Crippen molar-refractivity contribution in [1.29, 1.82) is 0 Å². The zero-order chi connectivity index (χ0) is 8.15. The Labute approximate surface area is 99.0 Å². The number of oxime groups is 1. The molecule has 0 fully saturated rings. The van der Waals surface area contributed by atoms with Crippen molar-refractivity contribution in [2.24, 2.45) is 5.16 Å². The van der Waals surface area contributed by atoms with Crippen molar-refractivity contribution in [3.8, 4) is 0 Å². The summed E-state index contributed by atoms with van der Waals surface area (Å²) in [4.78, 5) is 23.4. The standard InChI is InChI=1S/C4H5NO5.2Ag/c1-10-5-2(3(6)7)4(8)9;;/h1H3,(H,6,7)(H,8,9);;/q;2*+1/p-2. The van der Waals surface area contributed by atoms with E-state index >= 15 is 0 Å². The van der Waals surface area contributed by atoms with Gasteiger partial charge in [-0.15, -0.1) is 0 Å². The maximum Gasteiger partial charge on any atom is 1.00 e. The monoisotopic (exact) mass is 359 g/mol. The van der Waals surface area contributed by atoms with Gasteiger partial charge in [0.25, 0.3) is 0 Å². The molecule has 0 aromatic carbocycles. The molecular weight excluding hydrogens is 358 g/mol. The van der Waals surface area contributed by atoms with Crippen LogP contribution < -0.4 is 10.2 Å². The molecule has 0 spiro atoms. The molecule has 0 aliphatic rings. The fourth-order valence-corrected chi connectivity index (χ4v) is 0.249. The fourth-order valence-electron chi connectivity index (χ4n) is 0.249. The van der Waals surface area contributed by atoms with Gasteiger partial charge in [0.2, 0.25) is 0 Å². The molecule has 0 aliphatic carbocycles. The van der Waals surface area contributed by atoms with Gasteiger partial charge in [0, 0.05) is 0 Å². The molecule has 0 bridgehead atoms. The van der Waals surface area contributed by atoms with Crippen molar-refractivity contribution in [3.05, 3.63) is 0 Å². The molecule has 0 aromatic heterocycles. The summed E-state index contributed by atoms with van der Waals surface area (Å²) >= 11 is 0. The Bertz CT molecular complexity index is 176. The molecule has 0 heterocycles. The van der Waals surface area contributed by atoms with E-state index in [0.29, 0.717) is 0 Å². The number of carboxylic acids is 2. The molecule has 76 valence electrons. The van der Waals surface area contributed by atoms with Crippen LogP contribution in [-0.4, -0.2) is 24.8 Å². The molecule has 0 rings (SSSR count). The van der Waals surface area contributed by atoms with E-state index in [2.05, 4.69) is 9.99 Å². The van der Waals surface area contributed by atoms with Crippen molar-refractivity contribution < 1.29 is 69.4 Å². The smallest absolute Gasteiger partial charge is 0.543 e. The number of hydrogen-bond acceptors (Lipinski definition) is 6. The Kier molecular flexibility index (Phi) is 13.4. The van der Waals surface area contributed by atoms with E-state index in [9.17, 15) is 19.8 Å². The maximum absolute atomic E-state index is 9.79. The van der Waals surface area contributed by atoms with E-state index in [1.807, 2.05) is 0 Å². The Hall–Kier alpha value is -0.109. The molecular formula is C4H3Ag2NO5. The van der Waals surface area contributed by atoms with Crippen LogP contribution in [0.5, 0.6) is 0 Å². The third-order valence-electron chi connectivity index (χ3n) is 0.569. The van der Waals surface area contributed by atoms with Crippen LogP contribution in [0.15, 0.2) is 5.16 Å². The Morgan fingerprint density at radius 2 is 1.50 bits per heavy atom. The Morgan fingerprint density at radius 3 is 1.58 bits per heavy atom. The first-order chi connectivity index (χ1) is 4.59. The molecule has 12 heavy (non-hydrogen) atoms. The molecule has 0 unspecified atom stereocenters. The van der Waals surface area contributed by atoms with Gasteiger partial charge in [0.15, 0.2) is 0 Å². The van der Waals surface area contributed by atoms with Gasteiger partial charge in [-0.1, -0.05) is 5.16 Å². The van der Waals surface area contributed by atoms with E-state index in [4.69, 9.17) is 0 Å². The van der Waals surface area contributed by atoms with E-state index in [-0.39, 0.29) is 44.8 Å². The Balaban J connectivity index is -0.000000405. The van der Waals surface area contributed by atoms with Gasteiger partial charge in [-0.05, 0) is 0 Å². The van der Waals surface area contributed by atoms with Crippen molar-refractivity contribution in [2.75, 3.05) is 7.11 Å². The van der Waals surface area contributed by atoms with Gasteiger partial charge in [0.1, 0.15) is 12.8 Å². The number of aliphatic carboxylic acids is 2. The fraction of sp³-hybridized carbons (Fsp3) is 0.250. The van der Waals surface area contributed by atoms with Gasteiger partial charge >= 0.3 is 44.8 Å². The van der Waals surface area contributed by atoms with Crippen molar-refractivity contribution in [1.82, 2.24) is 0 Å². The van der Waals surface area contributed by atoms with Gasteiger partial charge in [-0.2, -0.15) is 0 Å². The van der Waals surface area contributed by atoms with Crippen LogP contribution in [0, 0.1) is 0 Å². The zero-order valence-corrected chi connectivity index (χ0v) is 8.56. The predicted molar refractivity (Wildman–Crippen MR) is 24.5 cm³/mol. The van der Waals surface area contributed by atoms with Crippen molar-refractivity contribution in [2.45, 2.75) is 0 Å². The molecule has 6 nitrogen and oxygen atoms in total. The molecule has 0 aromatic rings. The van der Waals surface area contributed by atoms with Crippen LogP contribution in [0.1, 0.15) is 0 Å². The second-order valence-corrected chi connectivity index (χ2v) is 1.20. The maximum atomic E-state index is 9.79. The van der Waals surface area contributed by atoms with Crippen molar-refractivity contribution in [3.63, 3.8) is 0 Å². The van der Waals surface area contributed by atoms with Crippen LogP contribution in [0.25, 0.3) is 0 Å². The minimum atomic E-state index is -1.94. The molecule has 0 atom stereocenters. The molecule has 0 saturated carbocycles. The van der Waals surface area contributed by atoms with Gasteiger partial charge < -0.3 is 24.6 Å². The number of carbonyl (C=O) groups is 2. The summed E-state index contributed by atoms with van der Waals surface area (Å²) in [6.07, 6.45) is 0. The zero-order valence-electron chi connectivity index (χ0n) is 5.59. The molecule has 0 N–H and O–H groups in total. The van der Waals surface area contributed by atoms with Crippen molar-refractivity contribution >= 4 is 17.7 Å². The number of hydrogen-bond donors (Lipinski definition) is 0. The van der Waals surface area contributed by atoms with Crippen LogP contribution >= 0.6 is 0 Å². The largest absolute Gasteiger partial charge is 1.00 e. The summed E-state index contributed by atoms with van der Waals surface area (Å²) < 4.78 is 0. The van der Waals surface area contributed by atoms with Crippen LogP contribution in [0.2, 0.25) is 0 Å². The molecule has 0 aliphatic heterocycles. The first-order valence-electron chi connectivity index (χ1n) is 2.13. The van der Waals surface area contributed by atoms with Gasteiger partial charge in [-0.25, -0.2) is 0 Å². The first-order valence-corrected chi connectivity index (χ1v) is 2.13. The number of rotatable bonds is 3. The van der Waals surface area contributed by atoms with Crippen LogP contribution in [0.3, 0.4) is 0 Å². The first kappa shape index (κ1) is 17.8.